The number of hydrogen-bond donors (Lipinski definition) is 2. The molecule has 1 atom stereocenters. The fourth-order valence-electron chi connectivity index (χ4n) is 2.26. The van der Waals surface area contributed by atoms with E-state index in [1.165, 1.54) is 11.1 Å². The molecule has 1 aromatic carbocycles. The van der Waals surface area contributed by atoms with E-state index in [1.807, 2.05) is 6.07 Å². The molecule has 2 rings (SSSR count). The lowest BCUT2D eigenvalue weighted by molar-refractivity contribution is -0.139. The Labute approximate surface area is 101 Å². The molecule has 0 radical (unpaired) electrons. The van der Waals surface area contributed by atoms with Crippen molar-refractivity contribution in [2.45, 2.75) is 19.0 Å². The third-order valence-corrected chi connectivity index (χ3v) is 3.30. The van der Waals surface area contributed by atoms with Gasteiger partial charge in [-0.15, -0.1) is 0 Å². The number of hydrogen-bond acceptors (Lipinski definition) is 3. The van der Waals surface area contributed by atoms with Crippen LogP contribution in [0.4, 0.5) is 0 Å². The van der Waals surface area contributed by atoms with Gasteiger partial charge < -0.3 is 10.4 Å². The number of rotatable bonds is 4. The summed E-state index contributed by atoms with van der Waals surface area (Å²) in [6.45, 7) is 2.34. The van der Waals surface area contributed by atoms with E-state index in [0.717, 1.165) is 19.5 Å². The van der Waals surface area contributed by atoms with Gasteiger partial charge in [0.1, 0.15) is 6.04 Å². The molecule has 0 aromatic heterocycles. The molecule has 1 aliphatic rings. The first-order chi connectivity index (χ1) is 8.20. The number of fused-ring (bicyclic) bond motifs is 1. The van der Waals surface area contributed by atoms with Crippen LogP contribution in [0.5, 0.6) is 0 Å². The lowest BCUT2D eigenvalue weighted by Crippen LogP contribution is -2.46. The molecule has 0 aliphatic carbocycles. The fourth-order valence-corrected chi connectivity index (χ4v) is 2.26. The van der Waals surface area contributed by atoms with E-state index in [-0.39, 0.29) is 0 Å². The molecule has 0 fully saturated rings. The van der Waals surface area contributed by atoms with Crippen molar-refractivity contribution in [3.8, 4) is 0 Å². The Kier molecular flexibility index (Phi) is 3.76. The second kappa shape index (κ2) is 5.29. The zero-order valence-electron chi connectivity index (χ0n) is 10.0. The smallest absolute Gasteiger partial charge is 0.322 e. The van der Waals surface area contributed by atoms with E-state index in [9.17, 15) is 4.79 Å². The maximum atomic E-state index is 11.0. The maximum absolute atomic E-state index is 11.0. The van der Waals surface area contributed by atoms with Crippen LogP contribution in [0.3, 0.4) is 0 Å². The monoisotopic (exact) mass is 234 g/mol. The van der Waals surface area contributed by atoms with Gasteiger partial charge in [-0.2, -0.15) is 0 Å². The molecule has 1 aliphatic heterocycles. The van der Waals surface area contributed by atoms with E-state index >= 15 is 0 Å². The van der Waals surface area contributed by atoms with E-state index in [1.54, 1.807) is 7.05 Å². The van der Waals surface area contributed by atoms with Crippen LogP contribution in [0.1, 0.15) is 11.1 Å². The third-order valence-electron chi connectivity index (χ3n) is 3.30. The highest BCUT2D eigenvalue weighted by Gasteiger charge is 2.22. The first kappa shape index (κ1) is 12.1. The standard InChI is InChI=1S/C13H18N2O2/c1-14-12(13(16)17)9-15-7-6-10-4-2-3-5-11(10)8-15/h2-5,12,14H,6-9H2,1H3,(H,16,17). The van der Waals surface area contributed by atoms with E-state index < -0.39 is 12.0 Å². The molecule has 0 saturated heterocycles. The maximum Gasteiger partial charge on any atom is 0.322 e. The Morgan fingerprint density at radius 1 is 1.47 bits per heavy atom. The van der Waals surface area contributed by atoms with Crippen LogP contribution < -0.4 is 5.32 Å². The summed E-state index contributed by atoms with van der Waals surface area (Å²) >= 11 is 0. The van der Waals surface area contributed by atoms with Crippen molar-refractivity contribution in [2.24, 2.45) is 0 Å². The Morgan fingerprint density at radius 2 is 2.18 bits per heavy atom. The van der Waals surface area contributed by atoms with Crippen molar-refractivity contribution in [2.75, 3.05) is 20.1 Å². The zero-order valence-corrected chi connectivity index (χ0v) is 10.0. The van der Waals surface area contributed by atoms with E-state index in [2.05, 4.69) is 28.4 Å². The van der Waals surface area contributed by atoms with Crippen LogP contribution in [0.15, 0.2) is 24.3 Å². The molecule has 4 heteroatoms. The van der Waals surface area contributed by atoms with Gasteiger partial charge in [0.2, 0.25) is 0 Å². The number of benzene rings is 1. The Bertz CT molecular complexity index is 406. The lowest BCUT2D eigenvalue weighted by Gasteiger charge is -2.30. The topological polar surface area (TPSA) is 52.6 Å². The van der Waals surface area contributed by atoms with Crippen molar-refractivity contribution < 1.29 is 9.90 Å². The quantitative estimate of drug-likeness (QED) is 0.806. The summed E-state index contributed by atoms with van der Waals surface area (Å²) in [6.07, 6.45) is 1.01. The number of carboxylic acid groups (broad SMARTS) is 1. The summed E-state index contributed by atoms with van der Waals surface area (Å²) in [5.41, 5.74) is 2.71. The first-order valence-corrected chi connectivity index (χ1v) is 5.90. The Morgan fingerprint density at radius 3 is 2.82 bits per heavy atom. The number of likely N-dealkylation sites (N-methyl/N-ethyl adjacent to an activating group) is 1. The number of carbonyl (C=O) groups is 1. The normalized spacial score (nSPS) is 17.5. The van der Waals surface area contributed by atoms with Gasteiger partial charge in [-0.05, 0) is 24.6 Å². The van der Waals surface area contributed by atoms with Gasteiger partial charge in [-0.25, -0.2) is 0 Å². The van der Waals surface area contributed by atoms with Crippen molar-refractivity contribution in [3.05, 3.63) is 35.4 Å². The summed E-state index contributed by atoms with van der Waals surface area (Å²) in [6, 6.07) is 7.88. The zero-order chi connectivity index (χ0) is 12.3. The minimum Gasteiger partial charge on any atom is -0.480 e. The average molecular weight is 234 g/mol. The molecule has 1 aromatic rings. The summed E-state index contributed by atoms with van der Waals surface area (Å²) in [4.78, 5) is 13.2. The summed E-state index contributed by atoms with van der Waals surface area (Å²) in [5, 5.41) is 11.8. The van der Waals surface area contributed by atoms with Crippen molar-refractivity contribution in [1.82, 2.24) is 10.2 Å². The molecule has 1 unspecified atom stereocenters. The van der Waals surface area contributed by atoms with Gasteiger partial charge in [0.05, 0.1) is 0 Å². The van der Waals surface area contributed by atoms with Gasteiger partial charge >= 0.3 is 5.97 Å². The van der Waals surface area contributed by atoms with Crippen LogP contribution in [-0.2, 0) is 17.8 Å². The predicted molar refractivity (Wildman–Crippen MR) is 65.9 cm³/mol. The molecular weight excluding hydrogens is 216 g/mol. The van der Waals surface area contributed by atoms with Crippen LogP contribution >= 0.6 is 0 Å². The molecule has 2 N–H and O–H groups in total. The second-order valence-electron chi connectivity index (χ2n) is 4.43. The Hall–Kier alpha value is -1.39. The van der Waals surface area contributed by atoms with Crippen LogP contribution in [-0.4, -0.2) is 42.2 Å². The van der Waals surface area contributed by atoms with Crippen molar-refractivity contribution in [3.63, 3.8) is 0 Å². The molecule has 1 heterocycles. The van der Waals surface area contributed by atoms with E-state index in [4.69, 9.17) is 5.11 Å². The first-order valence-electron chi connectivity index (χ1n) is 5.90. The summed E-state index contributed by atoms with van der Waals surface area (Å²) in [7, 11) is 1.69. The minimum absolute atomic E-state index is 0.486. The van der Waals surface area contributed by atoms with Crippen molar-refractivity contribution >= 4 is 5.97 Å². The predicted octanol–water partition coefficient (Wildman–Crippen LogP) is 0.717. The molecule has 0 bridgehead atoms. The number of nitrogens with zero attached hydrogens (tertiary/aromatic N) is 1. The van der Waals surface area contributed by atoms with Crippen LogP contribution in [0, 0.1) is 0 Å². The largest absolute Gasteiger partial charge is 0.480 e. The molecule has 0 amide bonds. The van der Waals surface area contributed by atoms with Gasteiger partial charge in [0.25, 0.3) is 0 Å². The van der Waals surface area contributed by atoms with Crippen LogP contribution in [0.2, 0.25) is 0 Å². The molecular formula is C13H18N2O2. The Balaban J connectivity index is 2.00. The fraction of sp³-hybridized carbons (Fsp3) is 0.462. The third kappa shape index (κ3) is 2.84. The van der Waals surface area contributed by atoms with Crippen LogP contribution in [0.25, 0.3) is 0 Å². The van der Waals surface area contributed by atoms with Gasteiger partial charge in [-0.1, -0.05) is 24.3 Å². The highest BCUT2D eigenvalue weighted by Crippen LogP contribution is 2.18. The SMILES string of the molecule is CNC(CN1CCc2ccccc2C1)C(=O)O. The van der Waals surface area contributed by atoms with Gasteiger partial charge in [0.15, 0.2) is 0 Å². The molecule has 4 nitrogen and oxygen atoms in total. The lowest BCUT2D eigenvalue weighted by atomic mass is 9.99. The minimum atomic E-state index is -0.786. The van der Waals surface area contributed by atoms with E-state index in [0.29, 0.717) is 6.54 Å². The summed E-state index contributed by atoms with van der Waals surface area (Å²) < 4.78 is 0. The number of carboxylic acids is 1. The summed E-state index contributed by atoms with van der Waals surface area (Å²) in [5.74, 6) is -0.786. The number of nitrogens with one attached hydrogen (secondary N) is 1. The highest BCUT2D eigenvalue weighted by atomic mass is 16.4. The van der Waals surface area contributed by atoms with Crippen molar-refractivity contribution in [1.29, 1.82) is 0 Å². The van der Waals surface area contributed by atoms with Gasteiger partial charge in [0, 0.05) is 19.6 Å². The van der Waals surface area contributed by atoms with Gasteiger partial charge in [-0.3, -0.25) is 9.69 Å². The highest BCUT2D eigenvalue weighted by molar-refractivity contribution is 5.73. The molecule has 17 heavy (non-hydrogen) atoms. The molecule has 0 spiro atoms. The average Bonchev–Trinajstić information content (AvgIpc) is 2.35. The molecule has 92 valence electrons. The second-order valence-corrected chi connectivity index (χ2v) is 4.43. The molecule has 0 saturated carbocycles. The number of aliphatic carboxylic acids is 1.